The predicted octanol–water partition coefficient (Wildman–Crippen LogP) is 1.17. The Balaban J connectivity index is 2.70. The summed E-state index contributed by atoms with van der Waals surface area (Å²) in [6.45, 7) is 2.10. The van der Waals surface area contributed by atoms with Crippen LogP contribution in [0.2, 0.25) is 0 Å². The maximum absolute atomic E-state index is 12.8. The van der Waals surface area contributed by atoms with Crippen molar-refractivity contribution >= 4 is 21.7 Å². The summed E-state index contributed by atoms with van der Waals surface area (Å²) in [5.41, 5.74) is 0. The van der Waals surface area contributed by atoms with Crippen LogP contribution >= 0.6 is 0 Å². The minimum Gasteiger partial charge on any atom is -0.481 e. The lowest BCUT2D eigenvalue weighted by Gasteiger charge is -2.18. The summed E-state index contributed by atoms with van der Waals surface area (Å²) in [4.78, 5) is 23.6. The molecule has 0 saturated carbocycles. The van der Waals surface area contributed by atoms with Crippen LogP contribution in [0.15, 0.2) is 0 Å². The second-order valence-electron chi connectivity index (χ2n) is 6.15. The van der Waals surface area contributed by atoms with Crippen LogP contribution in [0.4, 0.5) is 13.2 Å². The average Bonchev–Trinajstić information content (AvgIpc) is 2.79. The number of alkyl halides is 3. The van der Waals surface area contributed by atoms with Crippen molar-refractivity contribution in [2.24, 2.45) is 17.8 Å². The summed E-state index contributed by atoms with van der Waals surface area (Å²) in [6.07, 6.45) is -5.16. The van der Waals surface area contributed by atoms with E-state index in [1.54, 1.807) is 13.8 Å². The van der Waals surface area contributed by atoms with Crippen LogP contribution in [0.25, 0.3) is 0 Å². The number of carboxylic acids is 1. The van der Waals surface area contributed by atoms with Crippen molar-refractivity contribution in [2.45, 2.75) is 26.4 Å². The number of carbonyl (C=O) groups excluding carboxylic acids is 1. The highest BCUT2D eigenvalue weighted by molar-refractivity contribution is 7.91. The fourth-order valence-corrected chi connectivity index (χ4v) is 4.25. The van der Waals surface area contributed by atoms with E-state index in [0.717, 1.165) is 4.90 Å². The molecule has 0 unspecified atom stereocenters. The zero-order chi connectivity index (χ0) is 18.0. The molecule has 0 aromatic carbocycles. The lowest BCUT2D eigenvalue weighted by molar-refractivity contribution is -0.188. The van der Waals surface area contributed by atoms with Crippen molar-refractivity contribution in [1.29, 1.82) is 0 Å². The van der Waals surface area contributed by atoms with Gasteiger partial charge in [0.25, 0.3) is 0 Å². The van der Waals surface area contributed by atoms with Gasteiger partial charge < -0.3 is 10.0 Å². The molecule has 1 rings (SSSR count). The maximum Gasteiger partial charge on any atom is 0.394 e. The van der Waals surface area contributed by atoms with Crippen LogP contribution in [0.3, 0.4) is 0 Å². The molecule has 0 spiro atoms. The maximum atomic E-state index is 12.8. The van der Waals surface area contributed by atoms with Gasteiger partial charge in [-0.25, -0.2) is 8.42 Å². The Morgan fingerprint density at radius 3 is 2.22 bits per heavy atom. The molecule has 1 amide bonds. The van der Waals surface area contributed by atoms with E-state index in [9.17, 15) is 31.2 Å². The van der Waals surface area contributed by atoms with Crippen molar-refractivity contribution in [3.63, 3.8) is 0 Å². The van der Waals surface area contributed by atoms with Gasteiger partial charge >= 0.3 is 12.1 Å². The molecule has 134 valence electrons. The Morgan fingerprint density at radius 2 is 1.83 bits per heavy atom. The number of carbonyl (C=O) groups is 2. The molecule has 23 heavy (non-hydrogen) atoms. The molecule has 1 N–H and O–H groups in total. The Labute approximate surface area is 132 Å². The number of amides is 1. The fraction of sp³-hybridized carbons (Fsp3) is 0.846. The zero-order valence-electron chi connectivity index (χ0n) is 12.8. The quantitative estimate of drug-likeness (QED) is 0.769. The molecule has 0 aromatic heterocycles. The molecule has 0 radical (unpaired) electrons. The van der Waals surface area contributed by atoms with E-state index in [0.29, 0.717) is 0 Å². The van der Waals surface area contributed by atoms with E-state index >= 15 is 0 Å². The van der Waals surface area contributed by atoms with Crippen LogP contribution in [-0.4, -0.2) is 61.1 Å². The summed E-state index contributed by atoms with van der Waals surface area (Å²) >= 11 is 0. The number of hydrogen-bond acceptors (Lipinski definition) is 4. The van der Waals surface area contributed by atoms with E-state index in [1.807, 2.05) is 0 Å². The van der Waals surface area contributed by atoms with E-state index in [4.69, 9.17) is 5.11 Å². The van der Waals surface area contributed by atoms with Gasteiger partial charge in [-0.05, 0) is 5.92 Å². The van der Waals surface area contributed by atoms with Gasteiger partial charge in [0.2, 0.25) is 5.91 Å². The first kappa shape index (κ1) is 19.7. The number of hydrogen-bond donors (Lipinski definition) is 1. The van der Waals surface area contributed by atoms with Crippen molar-refractivity contribution in [3.8, 4) is 0 Å². The number of carboxylic acid groups (broad SMARTS) is 1. The summed E-state index contributed by atoms with van der Waals surface area (Å²) in [5.74, 6) is -6.90. The van der Waals surface area contributed by atoms with Crippen LogP contribution < -0.4 is 0 Å². The topological polar surface area (TPSA) is 91.8 Å². The Morgan fingerprint density at radius 1 is 1.26 bits per heavy atom. The summed E-state index contributed by atoms with van der Waals surface area (Å²) in [7, 11) is -3.46. The smallest absolute Gasteiger partial charge is 0.394 e. The first-order valence-electron chi connectivity index (χ1n) is 7.11. The van der Waals surface area contributed by atoms with Gasteiger partial charge in [0.05, 0.1) is 23.3 Å². The molecule has 1 fully saturated rings. The highest BCUT2D eigenvalue weighted by atomic mass is 32.2. The molecule has 1 aliphatic heterocycles. The van der Waals surface area contributed by atoms with Crippen LogP contribution in [-0.2, 0) is 19.4 Å². The fourth-order valence-electron chi connectivity index (χ4n) is 2.58. The number of sulfone groups is 1. The Bertz CT molecular complexity index is 558. The molecule has 0 bridgehead atoms. The third kappa shape index (κ3) is 5.67. The van der Waals surface area contributed by atoms with Gasteiger partial charge in [-0.15, -0.1) is 0 Å². The largest absolute Gasteiger partial charge is 0.481 e. The first-order valence-corrected chi connectivity index (χ1v) is 8.93. The lowest BCUT2D eigenvalue weighted by atomic mass is 9.96. The molecule has 1 heterocycles. The molecule has 10 heteroatoms. The van der Waals surface area contributed by atoms with Crippen LogP contribution in [0.1, 0.15) is 20.3 Å². The van der Waals surface area contributed by atoms with Gasteiger partial charge in [0, 0.05) is 19.5 Å². The Hall–Kier alpha value is -1.32. The number of aliphatic carboxylic acids is 1. The van der Waals surface area contributed by atoms with Crippen molar-refractivity contribution in [1.82, 2.24) is 4.90 Å². The highest BCUT2D eigenvalue weighted by Crippen LogP contribution is 2.37. The monoisotopic (exact) mass is 359 g/mol. The van der Waals surface area contributed by atoms with Gasteiger partial charge in [0.1, 0.15) is 0 Å². The summed E-state index contributed by atoms with van der Waals surface area (Å²) in [5, 5.41) is 8.87. The highest BCUT2D eigenvalue weighted by Gasteiger charge is 2.53. The third-order valence-corrected chi connectivity index (χ3v) is 5.63. The van der Waals surface area contributed by atoms with Crippen molar-refractivity contribution < 1.29 is 36.3 Å². The van der Waals surface area contributed by atoms with E-state index in [2.05, 4.69) is 0 Å². The van der Waals surface area contributed by atoms with Crippen LogP contribution in [0.5, 0.6) is 0 Å². The van der Waals surface area contributed by atoms with Crippen LogP contribution in [0, 0.1) is 17.8 Å². The third-order valence-electron chi connectivity index (χ3n) is 3.62. The molecular weight excluding hydrogens is 339 g/mol. The number of likely N-dealkylation sites (tertiary alicyclic amines) is 1. The molecule has 1 aliphatic rings. The van der Waals surface area contributed by atoms with E-state index in [-0.39, 0.29) is 11.7 Å². The molecule has 0 aliphatic carbocycles. The van der Waals surface area contributed by atoms with Gasteiger partial charge in [-0.3, -0.25) is 9.59 Å². The van der Waals surface area contributed by atoms with E-state index < -0.39 is 65.0 Å². The minimum absolute atomic E-state index is 0.108. The molecule has 1 saturated heterocycles. The molecule has 2 atom stereocenters. The molecule has 0 aromatic rings. The van der Waals surface area contributed by atoms with Gasteiger partial charge in [-0.1, -0.05) is 13.8 Å². The zero-order valence-corrected chi connectivity index (χ0v) is 13.7. The van der Waals surface area contributed by atoms with Gasteiger partial charge in [0.15, 0.2) is 9.84 Å². The summed E-state index contributed by atoms with van der Waals surface area (Å²) < 4.78 is 61.9. The number of rotatable bonds is 6. The second kappa shape index (κ2) is 7.06. The minimum atomic E-state index is -4.72. The van der Waals surface area contributed by atoms with E-state index in [1.165, 1.54) is 0 Å². The predicted molar refractivity (Wildman–Crippen MR) is 75.4 cm³/mol. The first-order chi connectivity index (χ1) is 10.3. The summed E-state index contributed by atoms with van der Waals surface area (Å²) in [6, 6.07) is 0. The standard InChI is InChI=1S/C13H20F3NO5S/c1-8(2)7-23(21,22)4-3-11(18)17-5-9(12(19)20)10(6-17)13(14,15)16/h8-10H,3-7H2,1-2H3,(H,19,20)/t9-,10-/m1/s1. The Kier molecular flexibility index (Phi) is 6.06. The normalized spacial score (nSPS) is 22.6. The van der Waals surface area contributed by atoms with Gasteiger partial charge in [-0.2, -0.15) is 13.2 Å². The number of nitrogens with zero attached hydrogens (tertiary/aromatic N) is 1. The lowest BCUT2D eigenvalue weighted by Crippen LogP contribution is -2.34. The van der Waals surface area contributed by atoms with Crippen molar-refractivity contribution in [2.75, 3.05) is 24.6 Å². The molecular formula is C13H20F3NO5S. The number of halogens is 3. The molecule has 6 nitrogen and oxygen atoms in total. The average molecular weight is 359 g/mol. The SMILES string of the molecule is CC(C)CS(=O)(=O)CCC(=O)N1C[C@@H](C(F)(F)F)[C@H](C(=O)O)C1. The van der Waals surface area contributed by atoms with Crippen molar-refractivity contribution in [3.05, 3.63) is 0 Å². The second-order valence-corrected chi connectivity index (χ2v) is 8.38.